The van der Waals surface area contributed by atoms with Crippen molar-refractivity contribution in [3.05, 3.63) is 164 Å². The van der Waals surface area contributed by atoms with Crippen LogP contribution in [-0.2, 0) is 0 Å². The van der Waals surface area contributed by atoms with Crippen LogP contribution in [0.2, 0.25) is 0 Å². The fourth-order valence-electron chi connectivity index (χ4n) is 6.41. The summed E-state index contributed by atoms with van der Waals surface area (Å²) in [7, 11) is 0. The standard InChI is InChI=1S/C43H27N3S/c1-3-12-28(13-4-1)30-22-23-32-27-33(25-24-31(32)26-30)41-44-42(37-18-8-7-16-34(37)29-14-5-2-6-15-29)46-43(45-41)38-20-11-19-36-35-17-9-10-21-39(35)47-40(36)38/h1-27H. The molecule has 0 saturated carbocycles. The third kappa shape index (κ3) is 4.96. The topological polar surface area (TPSA) is 38.7 Å². The summed E-state index contributed by atoms with van der Waals surface area (Å²) >= 11 is 1.79. The predicted molar refractivity (Wildman–Crippen MR) is 197 cm³/mol. The second-order valence-corrected chi connectivity index (χ2v) is 12.7. The second kappa shape index (κ2) is 11.4. The molecule has 0 saturated heterocycles. The Bertz CT molecular complexity index is 2570. The van der Waals surface area contributed by atoms with E-state index < -0.39 is 0 Å². The maximum atomic E-state index is 5.20. The number of aromatic nitrogens is 3. The zero-order valence-corrected chi connectivity index (χ0v) is 26.2. The summed E-state index contributed by atoms with van der Waals surface area (Å²) in [5.74, 6) is 1.98. The molecule has 0 aliphatic heterocycles. The summed E-state index contributed by atoms with van der Waals surface area (Å²) in [6.07, 6.45) is 0. The van der Waals surface area contributed by atoms with Crippen molar-refractivity contribution < 1.29 is 0 Å². The number of hydrogen-bond donors (Lipinski definition) is 0. The highest BCUT2D eigenvalue weighted by Gasteiger charge is 2.18. The summed E-state index contributed by atoms with van der Waals surface area (Å²) in [6, 6.07) is 57.4. The van der Waals surface area contributed by atoms with Gasteiger partial charge in [0.1, 0.15) is 0 Å². The monoisotopic (exact) mass is 617 g/mol. The third-order valence-corrected chi connectivity index (χ3v) is 9.96. The average molecular weight is 618 g/mol. The first-order valence-electron chi connectivity index (χ1n) is 15.7. The number of benzene rings is 7. The summed E-state index contributed by atoms with van der Waals surface area (Å²) in [6.45, 7) is 0. The van der Waals surface area contributed by atoms with Gasteiger partial charge in [0, 0.05) is 36.9 Å². The van der Waals surface area contributed by atoms with Gasteiger partial charge in [0.2, 0.25) is 0 Å². The highest BCUT2D eigenvalue weighted by Crippen LogP contribution is 2.40. The normalized spacial score (nSPS) is 11.4. The summed E-state index contributed by atoms with van der Waals surface area (Å²) in [5.41, 5.74) is 7.55. The molecule has 0 unspecified atom stereocenters. The molecule has 3 nitrogen and oxygen atoms in total. The molecule has 0 atom stereocenters. The van der Waals surface area contributed by atoms with Gasteiger partial charge in [0.05, 0.1) is 0 Å². The van der Waals surface area contributed by atoms with Crippen LogP contribution in [0, 0.1) is 0 Å². The second-order valence-electron chi connectivity index (χ2n) is 11.6. The van der Waals surface area contributed by atoms with E-state index in [-0.39, 0.29) is 0 Å². The van der Waals surface area contributed by atoms with Gasteiger partial charge in [-0.05, 0) is 57.3 Å². The molecule has 47 heavy (non-hydrogen) atoms. The van der Waals surface area contributed by atoms with Crippen LogP contribution in [-0.4, -0.2) is 15.0 Å². The zero-order valence-electron chi connectivity index (χ0n) is 25.3. The van der Waals surface area contributed by atoms with Gasteiger partial charge < -0.3 is 0 Å². The quantitative estimate of drug-likeness (QED) is 0.193. The Kier molecular flexibility index (Phi) is 6.65. The maximum absolute atomic E-state index is 5.20. The van der Waals surface area contributed by atoms with Gasteiger partial charge >= 0.3 is 0 Å². The smallest absolute Gasteiger partial charge is 0.165 e. The van der Waals surface area contributed by atoms with Crippen LogP contribution in [0.25, 0.3) is 87.4 Å². The summed E-state index contributed by atoms with van der Waals surface area (Å²) in [5, 5.41) is 4.79. The van der Waals surface area contributed by atoms with Crippen molar-refractivity contribution in [3.8, 4) is 56.4 Å². The molecule has 0 amide bonds. The van der Waals surface area contributed by atoms with Crippen molar-refractivity contribution in [2.75, 3.05) is 0 Å². The van der Waals surface area contributed by atoms with Crippen LogP contribution in [0.3, 0.4) is 0 Å². The van der Waals surface area contributed by atoms with E-state index in [1.807, 2.05) is 12.1 Å². The first kappa shape index (κ1) is 27.3. The minimum absolute atomic E-state index is 0.653. The van der Waals surface area contributed by atoms with Crippen molar-refractivity contribution in [1.29, 1.82) is 0 Å². The van der Waals surface area contributed by atoms with Gasteiger partial charge in [-0.2, -0.15) is 0 Å². The van der Waals surface area contributed by atoms with Crippen molar-refractivity contribution in [1.82, 2.24) is 15.0 Å². The number of nitrogens with zero attached hydrogens (tertiary/aromatic N) is 3. The van der Waals surface area contributed by atoms with Gasteiger partial charge in [-0.1, -0.05) is 140 Å². The Morgan fingerprint density at radius 2 is 0.894 bits per heavy atom. The summed E-state index contributed by atoms with van der Waals surface area (Å²) < 4.78 is 2.43. The molecular weight excluding hydrogens is 591 g/mol. The molecule has 7 aromatic carbocycles. The third-order valence-electron chi connectivity index (χ3n) is 8.74. The van der Waals surface area contributed by atoms with E-state index in [4.69, 9.17) is 15.0 Å². The Hall–Kier alpha value is -5.97. The van der Waals surface area contributed by atoms with E-state index in [1.165, 1.54) is 36.7 Å². The predicted octanol–water partition coefficient (Wildman–Crippen LogP) is 11.7. The van der Waals surface area contributed by atoms with Gasteiger partial charge in [-0.25, -0.2) is 15.0 Å². The lowest BCUT2D eigenvalue weighted by Crippen LogP contribution is -2.01. The van der Waals surface area contributed by atoms with Crippen molar-refractivity contribution in [2.24, 2.45) is 0 Å². The molecule has 220 valence electrons. The van der Waals surface area contributed by atoms with E-state index in [0.29, 0.717) is 17.5 Å². The summed E-state index contributed by atoms with van der Waals surface area (Å²) in [4.78, 5) is 15.5. The van der Waals surface area contributed by atoms with Crippen LogP contribution in [0.15, 0.2) is 164 Å². The fraction of sp³-hybridized carbons (Fsp3) is 0. The number of rotatable bonds is 5. The lowest BCUT2D eigenvalue weighted by Gasteiger charge is -2.13. The SMILES string of the molecule is c1ccc(-c2ccc3cc(-c4nc(-c5ccccc5-c5ccccc5)nc(-c5cccc6c5sc5ccccc56)n4)ccc3c2)cc1. The van der Waals surface area contributed by atoms with Gasteiger partial charge in [-0.15, -0.1) is 11.3 Å². The van der Waals surface area contributed by atoms with Crippen LogP contribution in [0.1, 0.15) is 0 Å². The molecule has 9 aromatic rings. The molecule has 0 spiro atoms. The molecule has 2 heterocycles. The molecule has 2 aromatic heterocycles. The van der Waals surface area contributed by atoms with E-state index in [2.05, 4.69) is 152 Å². The van der Waals surface area contributed by atoms with Crippen LogP contribution < -0.4 is 0 Å². The average Bonchev–Trinajstić information content (AvgIpc) is 3.54. The van der Waals surface area contributed by atoms with Gasteiger partial charge in [0.25, 0.3) is 0 Å². The van der Waals surface area contributed by atoms with E-state index in [0.717, 1.165) is 33.2 Å². The lowest BCUT2D eigenvalue weighted by molar-refractivity contribution is 1.08. The minimum Gasteiger partial charge on any atom is -0.208 e. The van der Waals surface area contributed by atoms with E-state index in [9.17, 15) is 0 Å². The van der Waals surface area contributed by atoms with Gasteiger partial charge in [0.15, 0.2) is 17.5 Å². The van der Waals surface area contributed by atoms with Crippen LogP contribution in [0.5, 0.6) is 0 Å². The Labute approximate surface area is 276 Å². The number of hydrogen-bond acceptors (Lipinski definition) is 4. The Morgan fingerprint density at radius 1 is 0.340 bits per heavy atom. The maximum Gasteiger partial charge on any atom is 0.165 e. The zero-order chi connectivity index (χ0) is 31.2. The Morgan fingerprint density at radius 3 is 1.68 bits per heavy atom. The van der Waals surface area contributed by atoms with E-state index >= 15 is 0 Å². The van der Waals surface area contributed by atoms with Crippen LogP contribution >= 0.6 is 11.3 Å². The molecular formula is C43H27N3S. The molecule has 0 fully saturated rings. The highest BCUT2D eigenvalue weighted by atomic mass is 32.1. The number of thiophene rings is 1. The van der Waals surface area contributed by atoms with Crippen molar-refractivity contribution >= 4 is 42.3 Å². The first-order chi connectivity index (χ1) is 23.3. The minimum atomic E-state index is 0.653. The first-order valence-corrected chi connectivity index (χ1v) is 16.5. The van der Waals surface area contributed by atoms with Gasteiger partial charge in [-0.3, -0.25) is 0 Å². The largest absolute Gasteiger partial charge is 0.208 e. The van der Waals surface area contributed by atoms with E-state index in [1.54, 1.807) is 11.3 Å². The van der Waals surface area contributed by atoms with Crippen LogP contribution in [0.4, 0.5) is 0 Å². The molecule has 9 rings (SSSR count). The highest BCUT2D eigenvalue weighted by molar-refractivity contribution is 7.26. The molecule has 0 bridgehead atoms. The molecule has 0 N–H and O–H groups in total. The Balaban J connectivity index is 1.25. The molecule has 0 aliphatic rings. The molecule has 4 heteroatoms. The van der Waals surface area contributed by atoms with Crippen molar-refractivity contribution in [3.63, 3.8) is 0 Å². The lowest BCUT2D eigenvalue weighted by atomic mass is 9.98. The number of fused-ring (bicyclic) bond motifs is 4. The molecule has 0 radical (unpaired) electrons. The molecule has 0 aliphatic carbocycles. The van der Waals surface area contributed by atoms with Crippen molar-refractivity contribution in [2.45, 2.75) is 0 Å². The fourth-order valence-corrected chi connectivity index (χ4v) is 7.62.